The predicted octanol–water partition coefficient (Wildman–Crippen LogP) is 1.19. The molecule has 3 nitrogen and oxygen atoms in total. The Morgan fingerprint density at radius 3 is 2.45 bits per heavy atom. The lowest BCUT2D eigenvalue weighted by Gasteiger charge is -2.08. The molecule has 2 rings (SSSR count). The summed E-state index contributed by atoms with van der Waals surface area (Å²) in [6, 6.07) is 0. The minimum atomic E-state index is -3.87. The van der Waals surface area contributed by atoms with Crippen molar-refractivity contribution in [1.29, 1.82) is 0 Å². The Morgan fingerprint density at radius 1 is 1.45 bits per heavy atom. The van der Waals surface area contributed by atoms with Crippen molar-refractivity contribution in [2.24, 2.45) is 11.8 Å². The summed E-state index contributed by atoms with van der Waals surface area (Å²) in [5, 5.41) is 0. The third-order valence-corrected chi connectivity index (χ3v) is 3.64. The van der Waals surface area contributed by atoms with Gasteiger partial charge in [-0.15, -0.1) is 0 Å². The molecule has 62 valence electrons. The van der Waals surface area contributed by atoms with Crippen molar-refractivity contribution in [3.63, 3.8) is 0 Å². The highest BCUT2D eigenvalue weighted by atomic mass is 32.2. The second-order valence-corrected chi connectivity index (χ2v) is 4.74. The van der Waals surface area contributed by atoms with E-state index < -0.39 is 10.1 Å². The standard InChI is InChI=1S/C7H10O3S/c8-11(9,10)7-4-5-1-2-6(7)3-5/h4-6H,1-3H2,(H,8,9,10). The van der Waals surface area contributed by atoms with Crippen LogP contribution in [-0.4, -0.2) is 13.0 Å². The molecule has 2 bridgehead atoms. The van der Waals surface area contributed by atoms with Gasteiger partial charge in [-0.2, -0.15) is 8.42 Å². The van der Waals surface area contributed by atoms with Gasteiger partial charge < -0.3 is 0 Å². The van der Waals surface area contributed by atoms with Crippen LogP contribution in [0.4, 0.5) is 0 Å². The van der Waals surface area contributed by atoms with E-state index in [1.807, 2.05) is 0 Å². The van der Waals surface area contributed by atoms with E-state index in [2.05, 4.69) is 0 Å². The molecule has 1 saturated carbocycles. The summed E-state index contributed by atoms with van der Waals surface area (Å²) < 4.78 is 30.2. The van der Waals surface area contributed by atoms with E-state index in [4.69, 9.17) is 4.55 Å². The molecule has 0 aromatic rings. The summed E-state index contributed by atoms with van der Waals surface area (Å²) in [5.74, 6) is 0.534. The van der Waals surface area contributed by atoms with Gasteiger partial charge in [-0.25, -0.2) is 0 Å². The average Bonchev–Trinajstić information content (AvgIpc) is 2.42. The third kappa shape index (κ3) is 1.10. The van der Waals surface area contributed by atoms with Gasteiger partial charge in [0.05, 0.1) is 4.91 Å². The Bertz CT molecular complexity index is 302. The van der Waals surface area contributed by atoms with Gasteiger partial charge in [-0.1, -0.05) is 6.08 Å². The lowest BCUT2D eigenvalue weighted by molar-refractivity contribution is 0.482. The van der Waals surface area contributed by atoms with Crippen LogP contribution in [0.3, 0.4) is 0 Å². The fraction of sp³-hybridized carbons (Fsp3) is 0.714. The van der Waals surface area contributed by atoms with Gasteiger partial charge in [-0.3, -0.25) is 4.55 Å². The number of hydrogen-bond acceptors (Lipinski definition) is 2. The van der Waals surface area contributed by atoms with Crippen LogP contribution in [0.5, 0.6) is 0 Å². The fourth-order valence-electron chi connectivity index (χ4n) is 2.09. The molecule has 0 spiro atoms. The summed E-state index contributed by atoms with van der Waals surface area (Å²) in [6.07, 6.45) is 4.65. The van der Waals surface area contributed by atoms with Crippen molar-refractivity contribution in [2.75, 3.05) is 0 Å². The van der Waals surface area contributed by atoms with Crippen molar-refractivity contribution in [1.82, 2.24) is 0 Å². The minimum Gasteiger partial charge on any atom is -0.282 e. The summed E-state index contributed by atoms with van der Waals surface area (Å²) in [4.78, 5) is 0.272. The van der Waals surface area contributed by atoms with Gasteiger partial charge in [0.15, 0.2) is 0 Å². The SMILES string of the molecule is O=S(=O)(O)C1=CC2CCC1C2. The predicted molar refractivity (Wildman–Crippen MR) is 40.5 cm³/mol. The molecule has 0 saturated heterocycles. The molecule has 2 unspecified atom stereocenters. The number of hydrogen-bond donors (Lipinski definition) is 1. The van der Waals surface area contributed by atoms with Crippen LogP contribution >= 0.6 is 0 Å². The van der Waals surface area contributed by atoms with E-state index in [1.54, 1.807) is 6.08 Å². The maximum Gasteiger partial charge on any atom is 0.290 e. The van der Waals surface area contributed by atoms with Crippen LogP contribution in [0.15, 0.2) is 11.0 Å². The highest BCUT2D eigenvalue weighted by Crippen LogP contribution is 2.45. The first-order valence-corrected chi connectivity index (χ1v) is 5.20. The Morgan fingerprint density at radius 2 is 2.18 bits per heavy atom. The van der Waals surface area contributed by atoms with Gasteiger partial charge in [0, 0.05) is 0 Å². The molecular formula is C7H10O3S. The molecule has 4 heteroatoms. The van der Waals surface area contributed by atoms with E-state index in [0.29, 0.717) is 5.92 Å². The zero-order valence-electron chi connectivity index (χ0n) is 6.03. The van der Waals surface area contributed by atoms with Gasteiger partial charge in [0.25, 0.3) is 10.1 Å². The second kappa shape index (κ2) is 2.08. The zero-order valence-corrected chi connectivity index (χ0v) is 6.84. The maximum absolute atomic E-state index is 10.7. The summed E-state index contributed by atoms with van der Waals surface area (Å²) in [5.41, 5.74) is 0. The normalized spacial score (nSPS) is 35.9. The van der Waals surface area contributed by atoms with E-state index in [9.17, 15) is 8.42 Å². The molecular weight excluding hydrogens is 164 g/mol. The summed E-state index contributed by atoms with van der Waals surface area (Å²) in [6.45, 7) is 0. The van der Waals surface area contributed by atoms with Crippen molar-refractivity contribution in [3.8, 4) is 0 Å². The zero-order chi connectivity index (χ0) is 8.06. The van der Waals surface area contributed by atoms with Gasteiger partial charge in [0.1, 0.15) is 0 Å². The Labute approximate surface area is 65.9 Å². The number of rotatable bonds is 1. The van der Waals surface area contributed by atoms with Gasteiger partial charge >= 0.3 is 0 Å². The highest BCUT2D eigenvalue weighted by Gasteiger charge is 2.38. The molecule has 0 aromatic carbocycles. The van der Waals surface area contributed by atoms with E-state index in [-0.39, 0.29) is 10.8 Å². The van der Waals surface area contributed by atoms with Gasteiger partial charge in [0.2, 0.25) is 0 Å². The van der Waals surface area contributed by atoms with Crippen molar-refractivity contribution >= 4 is 10.1 Å². The summed E-state index contributed by atoms with van der Waals surface area (Å²) >= 11 is 0. The second-order valence-electron chi connectivity index (χ2n) is 3.31. The van der Waals surface area contributed by atoms with Crippen LogP contribution in [0.1, 0.15) is 19.3 Å². The maximum atomic E-state index is 10.7. The molecule has 0 aromatic heterocycles. The van der Waals surface area contributed by atoms with Crippen molar-refractivity contribution in [2.45, 2.75) is 19.3 Å². The largest absolute Gasteiger partial charge is 0.290 e. The quantitative estimate of drug-likeness (QED) is 0.607. The molecule has 11 heavy (non-hydrogen) atoms. The Kier molecular flexibility index (Phi) is 1.38. The average molecular weight is 174 g/mol. The Hall–Kier alpha value is -0.350. The molecule has 2 aliphatic rings. The van der Waals surface area contributed by atoms with Crippen molar-refractivity contribution < 1.29 is 13.0 Å². The van der Waals surface area contributed by atoms with E-state index >= 15 is 0 Å². The molecule has 1 N–H and O–H groups in total. The number of allylic oxidation sites excluding steroid dienone is 2. The van der Waals surface area contributed by atoms with Crippen LogP contribution in [0, 0.1) is 11.8 Å². The molecule has 1 fully saturated rings. The van der Waals surface area contributed by atoms with Crippen LogP contribution in [0.2, 0.25) is 0 Å². The molecule has 0 heterocycles. The Balaban J connectivity index is 2.38. The fourth-order valence-corrected chi connectivity index (χ4v) is 3.09. The van der Waals surface area contributed by atoms with E-state index in [1.165, 1.54) is 0 Å². The molecule has 0 amide bonds. The smallest absolute Gasteiger partial charge is 0.282 e. The third-order valence-electron chi connectivity index (χ3n) is 2.57. The first-order chi connectivity index (χ1) is 5.07. The first-order valence-electron chi connectivity index (χ1n) is 3.76. The molecule has 2 atom stereocenters. The molecule has 0 aliphatic heterocycles. The molecule has 0 radical (unpaired) electrons. The monoisotopic (exact) mass is 174 g/mol. The molecule has 2 aliphatic carbocycles. The van der Waals surface area contributed by atoms with Crippen molar-refractivity contribution in [3.05, 3.63) is 11.0 Å². The lowest BCUT2D eigenvalue weighted by atomic mass is 10.1. The number of fused-ring (bicyclic) bond motifs is 2. The van der Waals surface area contributed by atoms with Crippen LogP contribution in [0.25, 0.3) is 0 Å². The van der Waals surface area contributed by atoms with Crippen LogP contribution < -0.4 is 0 Å². The lowest BCUT2D eigenvalue weighted by Crippen LogP contribution is -2.08. The van der Waals surface area contributed by atoms with E-state index in [0.717, 1.165) is 19.3 Å². The minimum absolute atomic E-state index is 0.120. The van der Waals surface area contributed by atoms with Gasteiger partial charge in [-0.05, 0) is 31.1 Å². The summed E-state index contributed by atoms with van der Waals surface area (Å²) in [7, 11) is -3.87. The highest BCUT2D eigenvalue weighted by molar-refractivity contribution is 7.89. The first kappa shape index (κ1) is 7.31. The topological polar surface area (TPSA) is 54.4 Å². The van der Waals surface area contributed by atoms with Crippen LogP contribution in [-0.2, 0) is 10.1 Å².